The van der Waals surface area contributed by atoms with Crippen LogP contribution >= 0.6 is 0 Å². The van der Waals surface area contributed by atoms with Crippen molar-refractivity contribution < 1.29 is 32.2 Å². The third kappa shape index (κ3) is 10.8. The number of nitrogens with one attached hydrogen (secondary N) is 4. The average Bonchev–Trinajstić information content (AvgIpc) is 3.18. The molecule has 1 fully saturated rings. The molecule has 4 aromatic carbocycles. The van der Waals surface area contributed by atoms with Crippen LogP contribution in [-0.2, 0) is 21.9 Å². The molecule has 306 valence electrons. The van der Waals surface area contributed by atoms with E-state index >= 15 is 0 Å². The maximum absolute atomic E-state index is 13.5. The molecular formula is C45H53N5O7S. The molecule has 4 N–H and O–H groups in total. The van der Waals surface area contributed by atoms with Gasteiger partial charge in [0.15, 0.2) is 11.5 Å². The second-order valence-electron chi connectivity index (χ2n) is 15.8. The van der Waals surface area contributed by atoms with Gasteiger partial charge < -0.3 is 30.2 Å². The van der Waals surface area contributed by atoms with Gasteiger partial charge in [-0.3, -0.25) is 14.5 Å². The summed E-state index contributed by atoms with van der Waals surface area (Å²) in [5.41, 5.74) is 3.83. The van der Waals surface area contributed by atoms with Crippen LogP contribution in [0.3, 0.4) is 0 Å². The third-order valence-corrected chi connectivity index (χ3v) is 10.9. The number of fused-ring (bicyclic) bond motifs is 1. The van der Waals surface area contributed by atoms with E-state index in [0.29, 0.717) is 52.9 Å². The summed E-state index contributed by atoms with van der Waals surface area (Å²) in [7, 11) is -0.630. The minimum absolute atomic E-state index is 0.101. The molecule has 6 rings (SSSR count). The molecule has 0 bridgehead atoms. The highest BCUT2D eigenvalue weighted by Crippen LogP contribution is 2.40. The molecule has 12 nitrogen and oxygen atoms in total. The van der Waals surface area contributed by atoms with Crippen molar-refractivity contribution in [2.75, 3.05) is 48.9 Å². The first-order valence-electron chi connectivity index (χ1n) is 19.5. The first kappa shape index (κ1) is 42.0. The summed E-state index contributed by atoms with van der Waals surface area (Å²) in [4.78, 5) is 31.2. The monoisotopic (exact) mass is 807 g/mol. The minimum atomic E-state index is -3.64. The number of nitrogens with zero attached hydrogens (tertiary/aromatic N) is 1. The van der Waals surface area contributed by atoms with Crippen molar-refractivity contribution in [2.45, 2.75) is 64.7 Å². The van der Waals surface area contributed by atoms with Crippen molar-refractivity contribution in [1.82, 2.24) is 10.3 Å². The molecule has 0 aliphatic carbocycles. The second kappa shape index (κ2) is 18.3. The Morgan fingerprint density at radius 3 is 2.28 bits per heavy atom. The quantitative estimate of drug-likeness (QED) is 0.0757. The summed E-state index contributed by atoms with van der Waals surface area (Å²) in [6, 6.07) is 23.5. The average molecular weight is 808 g/mol. The van der Waals surface area contributed by atoms with E-state index in [9.17, 15) is 18.0 Å². The summed E-state index contributed by atoms with van der Waals surface area (Å²) >= 11 is 0. The molecule has 1 aliphatic rings. The Labute approximate surface area is 341 Å². The minimum Gasteiger partial charge on any atom is -0.496 e. The van der Waals surface area contributed by atoms with Crippen molar-refractivity contribution in [2.24, 2.45) is 5.92 Å². The summed E-state index contributed by atoms with van der Waals surface area (Å²) < 4.78 is 44.5. The van der Waals surface area contributed by atoms with Gasteiger partial charge >= 0.3 is 6.03 Å². The molecule has 1 aliphatic heterocycles. The Hall–Kier alpha value is -5.66. The van der Waals surface area contributed by atoms with Crippen molar-refractivity contribution in [1.29, 1.82) is 0 Å². The van der Waals surface area contributed by atoms with Crippen molar-refractivity contribution >= 4 is 49.7 Å². The number of carbonyl (C=O) groups excluding carboxylic acids is 2. The SMILES string of the molecule is COc1cc(Cc2cc(Oc3ccc(NC(=O)Nc4cc(C(C)(C)C)cc(NS(C)(=O)=O)c4OC)c4ccccc34)ccn2)ccc1C(=O)CCCC1CCNCC1. The number of pyridine rings is 1. The highest BCUT2D eigenvalue weighted by molar-refractivity contribution is 7.92. The number of ether oxygens (including phenoxy) is 3. The van der Waals surface area contributed by atoms with Gasteiger partial charge in [0.1, 0.15) is 17.2 Å². The number of Topliss-reactive ketones (excluding diaryl/α,β-unsaturated/α-hetero) is 1. The maximum Gasteiger partial charge on any atom is 0.323 e. The fraction of sp³-hybridized carbons (Fsp3) is 0.356. The van der Waals surface area contributed by atoms with E-state index in [1.807, 2.05) is 69.3 Å². The van der Waals surface area contributed by atoms with Gasteiger partial charge in [-0.1, -0.05) is 51.1 Å². The lowest BCUT2D eigenvalue weighted by Crippen LogP contribution is -2.27. The fourth-order valence-corrected chi connectivity index (χ4v) is 7.83. The number of piperidine rings is 1. The van der Waals surface area contributed by atoms with E-state index in [1.165, 1.54) is 20.0 Å². The summed E-state index contributed by atoms with van der Waals surface area (Å²) in [6.07, 6.45) is 8.08. The topological polar surface area (TPSA) is 157 Å². The zero-order valence-electron chi connectivity index (χ0n) is 34.0. The molecule has 13 heteroatoms. The molecule has 0 spiro atoms. The van der Waals surface area contributed by atoms with E-state index < -0.39 is 16.1 Å². The Kier molecular flexibility index (Phi) is 13.2. The smallest absolute Gasteiger partial charge is 0.323 e. The molecule has 1 aromatic heterocycles. The normalized spacial score (nSPS) is 13.5. The summed E-state index contributed by atoms with van der Waals surface area (Å²) in [6.45, 7) is 8.09. The van der Waals surface area contributed by atoms with E-state index in [2.05, 4.69) is 25.7 Å². The molecule has 2 heterocycles. The van der Waals surface area contributed by atoms with Crippen molar-refractivity contribution in [3.05, 3.63) is 107 Å². The predicted octanol–water partition coefficient (Wildman–Crippen LogP) is 9.30. The molecule has 0 radical (unpaired) electrons. The summed E-state index contributed by atoms with van der Waals surface area (Å²) in [5.74, 6) is 2.71. The van der Waals surface area contributed by atoms with Gasteiger partial charge in [-0.25, -0.2) is 13.2 Å². The number of methoxy groups -OCH3 is 2. The zero-order chi connectivity index (χ0) is 41.5. The molecule has 0 atom stereocenters. The maximum atomic E-state index is 13.5. The van der Waals surface area contributed by atoms with Gasteiger partial charge in [-0.15, -0.1) is 0 Å². The van der Waals surface area contributed by atoms with Crippen LogP contribution in [0.2, 0.25) is 0 Å². The Balaban J connectivity index is 1.15. The number of urea groups is 1. The Morgan fingerprint density at radius 2 is 1.57 bits per heavy atom. The van der Waals surface area contributed by atoms with Crippen LogP contribution in [0.5, 0.6) is 23.0 Å². The first-order valence-corrected chi connectivity index (χ1v) is 21.4. The Morgan fingerprint density at radius 1 is 0.845 bits per heavy atom. The number of benzene rings is 4. The van der Waals surface area contributed by atoms with Gasteiger partial charge in [0.05, 0.1) is 43.1 Å². The number of carbonyl (C=O) groups is 2. The number of sulfonamides is 1. The van der Waals surface area contributed by atoms with Crippen LogP contribution in [0, 0.1) is 5.92 Å². The van der Waals surface area contributed by atoms with Crippen LogP contribution in [-0.4, -0.2) is 58.8 Å². The van der Waals surface area contributed by atoms with Gasteiger partial charge in [-0.2, -0.15) is 0 Å². The molecular weight excluding hydrogens is 755 g/mol. The van der Waals surface area contributed by atoms with E-state index in [-0.39, 0.29) is 22.6 Å². The van der Waals surface area contributed by atoms with Gasteiger partial charge in [-0.05, 0) is 104 Å². The van der Waals surface area contributed by atoms with E-state index in [0.717, 1.165) is 59.8 Å². The molecule has 5 aromatic rings. The number of aromatic nitrogens is 1. The van der Waals surface area contributed by atoms with Crippen LogP contribution < -0.4 is 34.9 Å². The van der Waals surface area contributed by atoms with Gasteiger partial charge in [0, 0.05) is 41.6 Å². The molecule has 58 heavy (non-hydrogen) atoms. The predicted molar refractivity (Wildman–Crippen MR) is 231 cm³/mol. The number of anilines is 3. The number of hydrogen-bond donors (Lipinski definition) is 4. The first-order chi connectivity index (χ1) is 27.7. The van der Waals surface area contributed by atoms with Crippen LogP contribution in [0.25, 0.3) is 10.8 Å². The van der Waals surface area contributed by atoms with Gasteiger partial charge in [0.25, 0.3) is 0 Å². The number of rotatable bonds is 15. The van der Waals surface area contributed by atoms with Crippen molar-refractivity contribution in [3.8, 4) is 23.0 Å². The number of amides is 2. The standard InChI is InChI=1S/C45H53N5O7S/c1-45(2,3)31-26-38(43(56-5)39(27-31)50-58(6,53)54)49-44(52)48-37-16-17-41(35-12-8-7-11-34(35)37)57-33-20-23-47-32(28-33)24-30-14-15-36(42(25-30)55-4)40(51)13-9-10-29-18-21-46-22-19-29/h7-8,11-12,14-17,20,23,25-29,46,50H,9-10,13,18-19,21-22,24H2,1-6H3,(H2,48,49,52). The van der Waals surface area contributed by atoms with Crippen molar-refractivity contribution in [3.63, 3.8) is 0 Å². The molecule has 2 amide bonds. The van der Waals surface area contributed by atoms with Gasteiger partial charge in [0.2, 0.25) is 10.0 Å². The fourth-order valence-electron chi connectivity index (χ4n) is 7.28. The molecule has 0 saturated carbocycles. The van der Waals surface area contributed by atoms with Crippen LogP contribution in [0.1, 0.15) is 80.1 Å². The van der Waals surface area contributed by atoms with E-state index in [1.54, 1.807) is 43.6 Å². The number of ketones is 1. The van der Waals surface area contributed by atoms with E-state index in [4.69, 9.17) is 14.2 Å². The lowest BCUT2D eigenvalue weighted by Gasteiger charge is -2.24. The zero-order valence-corrected chi connectivity index (χ0v) is 34.8. The summed E-state index contributed by atoms with van der Waals surface area (Å²) in [5, 5.41) is 10.7. The van der Waals surface area contributed by atoms with Crippen LogP contribution in [0.15, 0.2) is 85.1 Å². The van der Waals surface area contributed by atoms with Crippen LogP contribution in [0.4, 0.5) is 21.9 Å². The Bertz CT molecular complexity index is 2390. The lowest BCUT2D eigenvalue weighted by atomic mass is 9.86. The lowest BCUT2D eigenvalue weighted by molar-refractivity contribution is 0.0974. The highest BCUT2D eigenvalue weighted by atomic mass is 32.2. The molecule has 0 unspecified atom stereocenters. The second-order valence-corrected chi connectivity index (χ2v) is 17.5. The highest BCUT2D eigenvalue weighted by Gasteiger charge is 2.23. The third-order valence-electron chi connectivity index (χ3n) is 10.3. The number of hydrogen-bond acceptors (Lipinski definition) is 9. The largest absolute Gasteiger partial charge is 0.496 e. The molecule has 1 saturated heterocycles.